The zero-order chi connectivity index (χ0) is 8.69. The summed E-state index contributed by atoms with van der Waals surface area (Å²) in [5.74, 6) is -0.833. The Hall–Kier alpha value is 0.158. The summed E-state index contributed by atoms with van der Waals surface area (Å²) >= 11 is 2.29. The summed E-state index contributed by atoms with van der Waals surface area (Å²) in [5.41, 5.74) is 0. The van der Waals surface area contributed by atoms with Gasteiger partial charge in [-0.1, -0.05) is 0 Å². The van der Waals surface area contributed by atoms with Crippen LogP contribution in [0.4, 0.5) is 0 Å². The molecule has 0 bridgehead atoms. The Balaban J connectivity index is 0.000000218. The van der Waals surface area contributed by atoms with Crippen LogP contribution >= 0.6 is 0 Å². The molecule has 2 nitrogen and oxygen atoms in total. The van der Waals surface area contributed by atoms with Crippen molar-refractivity contribution in [2.75, 3.05) is 0 Å². The molecule has 1 N–H and O–H groups in total. The van der Waals surface area contributed by atoms with Crippen LogP contribution in [-0.4, -0.2) is 11.1 Å². The molecule has 1 aliphatic carbocycles. The molecule has 0 atom stereocenters. The van der Waals surface area contributed by atoms with E-state index in [9.17, 15) is 0 Å². The van der Waals surface area contributed by atoms with Gasteiger partial charge in [0.2, 0.25) is 0 Å². The first kappa shape index (κ1) is 11.2. The molecule has 0 aliphatic heterocycles. The van der Waals surface area contributed by atoms with E-state index in [2.05, 4.69) is 19.8 Å². The van der Waals surface area contributed by atoms with E-state index in [-0.39, 0.29) is 0 Å². The van der Waals surface area contributed by atoms with Crippen molar-refractivity contribution in [3.63, 3.8) is 0 Å². The molecular weight excluding hydrogens is 224 g/mol. The maximum atomic E-state index is 9.00. The molecule has 0 aromatic carbocycles. The van der Waals surface area contributed by atoms with Gasteiger partial charge in [0, 0.05) is 6.92 Å². The van der Waals surface area contributed by atoms with E-state index in [1.807, 2.05) is 0 Å². The molecule has 65 valence electrons. The first-order valence-electron chi connectivity index (χ1n) is 3.98. The number of hydrogen-bond donors (Lipinski definition) is 1. The van der Waals surface area contributed by atoms with Crippen molar-refractivity contribution in [3.05, 3.63) is 0 Å². The molecule has 0 aromatic rings. The Morgan fingerprint density at radius 2 is 1.73 bits per heavy atom. The molecule has 0 amide bonds. The van der Waals surface area contributed by atoms with E-state index in [0.717, 1.165) is 11.2 Å². The fourth-order valence-corrected chi connectivity index (χ4v) is 1.88. The Morgan fingerprint density at radius 3 is 1.91 bits per heavy atom. The van der Waals surface area contributed by atoms with Crippen LogP contribution in [0.15, 0.2) is 0 Å². The first-order chi connectivity index (χ1) is 5.13. The number of aliphatic carboxylic acids is 1. The average Bonchev–Trinajstić information content (AvgIpc) is 1.87. The van der Waals surface area contributed by atoms with E-state index >= 15 is 0 Å². The van der Waals surface area contributed by atoms with Crippen LogP contribution < -0.4 is 0 Å². The van der Waals surface area contributed by atoms with Crippen LogP contribution in [-0.2, 0) is 24.6 Å². The van der Waals surface area contributed by atoms with Crippen molar-refractivity contribution in [2.45, 2.75) is 43.3 Å². The van der Waals surface area contributed by atoms with Crippen LogP contribution in [0.25, 0.3) is 0 Å². The van der Waals surface area contributed by atoms with Crippen molar-refractivity contribution < 1.29 is 29.7 Å². The summed E-state index contributed by atoms with van der Waals surface area (Å²) in [5, 5.41) is 7.42. The molecule has 0 saturated heterocycles. The number of rotatable bonds is 0. The van der Waals surface area contributed by atoms with Gasteiger partial charge in [-0.15, -0.1) is 0 Å². The summed E-state index contributed by atoms with van der Waals surface area (Å²) in [4.78, 5) is 9.00. The van der Waals surface area contributed by atoms with Crippen LogP contribution in [0.1, 0.15) is 39.0 Å². The maximum absolute atomic E-state index is 9.00. The van der Waals surface area contributed by atoms with Crippen molar-refractivity contribution in [2.24, 2.45) is 0 Å². The molecule has 1 aliphatic rings. The second-order valence-electron chi connectivity index (χ2n) is 2.78. The SMILES string of the molecule is CC(=O)O.[Mo][CH]1CCCCC1. The molecule has 0 unspecified atom stereocenters. The minimum absolute atomic E-state index is 0.833. The van der Waals surface area contributed by atoms with Gasteiger partial charge in [-0.2, -0.15) is 0 Å². The standard InChI is InChI=1S/C6H11.C2H4O2.Mo/c1-2-4-6-5-3-1;1-2(3)4;/h1H,2-6H2;1H3,(H,3,4);. The van der Waals surface area contributed by atoms with E-state index in [1.54, 1.807) is 0 Å². The summed E-state index contributed by atoms with van der Waals surface area (Å²) in [6.07, 6.45) is 7.45. The molecule has 11 heavy (non-hydrogen) atoms. The molecular formula is C8H15MoO2. The first-order valence-corrected chi connectivity index (χ1v) is 5.14. The van der Waals surface area contributed by atoms with Crippen LogP contribution in [0.5, 0.6) is 0 Å². The zero-order valence-corrected chi connectivity index (χ0v) is 8.88. The third-order valence-corrected chi connectivity index (χ3v) is 2.71. The van der Waals surface area contributed by atoms with Crippen LogP contribution in [0.2, 0.25) is 4.31 Å². The third kappa shape index (κ3) is 10.2. The van der Waals surface area contributed by atoms with Gasteiger partial charge >= 0.3 is 56.2 Å². The average molecular weight is 239 g/mol. The summed E-state index contributed by atoms with van der Waals surface area (Å²) in [6.45, 7) is 1.08. The van der Waals surface area contributed by atoms with Gasteiger partial charge in [0.1, 0.15) is 0 Å². The van der Waals surface area contributed by atoms with E-state index in [1.165, 1.54) is 32.1 Å². The molecule has 3 heteroatoms. The van der Waals surface area contributed by atoms with Gasteiger partial charge in [0.25, 0.3) is 5.97 Å². The van der Waals surface area contributed by atoms with Gasteiger partial charge in [-0.3, -0.25) is 4.79 Å². The predicted octanol–water partition coefficient (Wildman–Crippen LogP) is 2.38. The monoisotopic (exact) mass is 241 g/mol. The molecule has 0 spiro atoms. The van der Waals surface area contributed by atoms with Gasteiger partial charge in [0.15, 0.2) is 0 Å². The molecule has 0 aromatic heterocycles. The summed E-state index contributed by atoms with van der Waals surface area (Å²) < 4.78 is 1.05. The number of hydrogen-bond acceptors (Lipinski definition) is 1. The van der Waals surface area contributed by atoms with Crippen molar-refractivity contribution >= 4 is 5.97 Å². The Labute approximate surface area is 79.3 Å². The van der Waals surface area contributed by atoms with Gasteiger partial charge < -0.3 is 5.11 Å². The summed E-state index contributed by atoms with van der Waals surface area (Å²) in [6, 6.07) is 0. The Bertz CT molecular complexity index is 105. The number of carboxylic acids is 1. The van der Waals surface area contributed by atoms with Gasteiger partial charge in [-0.25, -0.2) is 0 Å². The second-order valence-corrected chi connectivity index (χ2v) is 4.42. The number of carbonyl (C=O) groups is 1. The van der Waals surface area contributed by atoms with Crippen molar-refractivity contribution in [1.29, 1.82) is 0 Å². The molecule has 0 radical (unpaired) electrons. The Morgan fingerprint density at radius 1 is 1.36 bits per heavy atom. The predicted molar refractivity (Wildman–Crippen MR) is 40.1 cm³/mol. The van der Waals surface area contributed by atoms with Crippen LogP contribution in [0, 0.1) is 0 Å². The fourth-order valence-electron chi connectivity index (χ4n) is 1.07. The number of carboxylic acid groups (broad SMARTS) is 1. The third-order valence-electron chi connectivity index (χ3n) is 1.55. The van der Waals surface area contributed by atoms with Crippen molar-refractivity contribution in [3.8, 4) is 0 Å². The normalized spacial score (nSPS) is 18.3. The topological polar surface area (TPSA) is 37.3 Å². The molecule has 1 rings (SSSR count). The van der Waals surface area contributed by atoms with E-state index in [4.69, 9.17) is 9.90 Å². The van der Waals surface area contributed by atoms with Crippen molar-refractivity contribution in [1.82, 2.24) is 0 Å². The fraction of sp³-hybridized carbons (Fsp3) is 0.875. The Kier molecular flexibility index (Phi) is 6.94. The zero-order valence-electron chi connectivity index (χ0n) is 6.88. The van der Waals surface area contributed by atoms with Gasteiger partial charge in [-0.05, 0) is 0 Å². The molecule has 0 heterocycles. The molecule has 1 fully saturated rings. The van der Waals surface area contributed by atoms with E-state index in [0.29, 0.717) is 0 Å². The molecule has 1 saturated carbocycles. The van der Waals surface area contributed by atoms with E-state index < -0.39 is 5.97 Å². The summed E-state index contributed by atoms with van der Waals surface area (Å²) in [7, 11) is 0. The van der Waals surface area contributed by atoms with Gasteiger partial charge in [0.05, 0.1) is 0 Å². The van der Waals surface area contributed by atoms with Crippen LogP contribution in [0.3, 0.4) is 0 Å². The quantitative estimate of drug-likeness (QED) is 0.659. The second kappa shape index (κ2) is 6.84. The minimum atomic E-state index is -0.833.